The van der Waals surface area contributed by atoms with Gasteiger partial charge in [-0.15, -0.1) is 0 Å². The van der Waals surface area contributed by atoms with Gasteiger partial charge in [-0.05, 0) is 17.1 Å². The van der Waals surface area contributed by atoms with Gasteiger partial charge in [-0.2, -0.15) is 4.68 Å². The summed E-state index contributed by atoms with van der Waals surface area (Å²) in [5.74, 6) is -1.47. The third-order valence-electron chi connectivity index (χ3n) is 2.29. The monoisotopic (exact) mass is 249 g/mol. The van der Waals surface area contributed by atoms with Crippen LogP contribution in [0.3, 0.4) is 0 Å². The van der Waals surface area contributed by atoms with Crippen molar-refractivity contribution in [1.82, 2.24) is 9.78 Å². The van der Waals surface area contributed by atoms with Gasteiger partial charge < -0.3 is 10.1 Å². The van der Waals surface area contributed by atoms with Gasteiger partial charge in [0.2, 0.25) is 0 Å². The molecular weight excluding hydrogens is 241 g/mol. The van der Waals surface area contributed by atoms with Gasteiger partial charge in [0.15, 0.2) is 5.78 Å². The van der Waals surface area contributed by atoms with E-state index >= 15 is 0 Å². The van der Waals surface area contributed by atoms with Crippen LogP contribution in [-0.2, 0) is 6.54 Å². The second-order valence-corrected chi connectivity index (χ2v) is 3.53. The third kappa shape index (κ3) is 2.40. The van der Waals surface area contributed by atoms with Crippen LogP contribution < -0.4 is 0 Å². The number of hydrogen-bond donors (Lipinski definition) is 0. The minimum Gasteiger partial charge on any atom is -0.358 e. The smallest absolute Gasteiger partial charge is 0.358 e. The first-order chi connectivity index (χ1) is 8.58. The van der Waals surface area contributed by atoms with Gasteiger partial charge in [0.05, 0.1) is 22.9 Å². The Morgan fingerprint density at radius 3 is 2.72 bits per heavy atom. The molecule has 7 heteroatoms. The Hall–Kier alpha value is -2.57. The van der Waals surface area contributed by atoms with Crippen molar-refractivity contribution in [2.24, 2.45) is 0 Å². The molecule has 0 aliphatic carbocycles. The number of Topliss-reactive ketones (excluding diaryl/α,β-unsaturated/α-hetero) is 1. The van der Waals surface area contributed by atoms with Crippen LogP contribution in [0.1, 0.15) is 10.4 Å². The summed E-state index contributed by atoms with van der Waals surface area (Å²) >= 11 is 0. The number of aromatic nitrogens is 2. The van der Waals surface area contributed by atoms with Crippen molar-refractivity contribution in [2.75, 3.05) is 0 Å². The van der Waals surface area contributed by atoms with Gasteiger partial charge in [0.25, 0.3) is 0 Å². The summed E-state index contributed by atoms with van der Waals surface area (Å²) in [5.41, 5.74) is -0.0596. The van der Waals surface area contributed by atoms with Crippen molar-refractivity contribution in [2.45, 2.75) is 6.54 Å². The molecular formula is C11H8FN3O3. The number of nitrogens with zero attached hydrogens (tertiary/aromatic N) is 3. The average Bonchev–Trinajstić information content (AvgIpc) is 2.78. The van der Waals surface area contributed by atoms with Crippen LogP contribution in [0.4, 0.5) is 10.2 Å². The second-order valence-electron chi connectivity index (χ2n) is 3.53. The van der Waals surface area contributed by atoms with Gasteiger partial charge in [0, 0.05) is 0 Å². The van der Waals surface area contributed by atoms with E-state index in [0.717, 1.165) is 4.68 Å². The van der Waals surface area contributed by atoms with E-state index < -0.39 is 16.5 Å². The van der Waals surface area contributed by atoms with Gasteiger partial charge >= 0.3 is 5.82 Å². The molecule has 0 radical (unpaired) electrons. The number of carbonyl (C=O) groups is 1. The predicted octanol–water partition coefficient (Wildman–Crippen LogP) is 1.81. The number of rotatable bonds is 4. The minimum atomic E-state index is -0.663. The van der Waals surface area contributed by atoms with Crippen molar-refractivity contribution < 1.29 is 14.1 Å². The SMILES string of the molecule is O=C(Cn1ccc([N+](=O)[O-])n1)c1ccccc1F. The van der Waals surface area contributed by atoms with Crippen molar-refractivity contribution in [3.8, 4) is 0 Å². The fourth-order valence-electron chi connectivity index (χ4n) is 1.46. The van der Waals surface area contributed by atoms with E-state index in [1.807, 2.05) is 0 Å². The summed E-state index contributed by atoms with van der Waals surface area (Å²) in [6, 6.07) is 6.73. The van der Waals surface area contributed by atoms with Gasteiger partial charge in [0.1, 0.15) is 12.4 Å². The lowest BCUT2D eigenvalue weighted by molar-refractivity contribution is -0.389. The number of nitro groups is 1. The van der Waals surface area contributed by atoms with Gasteiger partial charge in [-0.3, -0.25) is 4.79 Å². The Balaban J connectivity index is 2.16. The summed E-state index contributed by atoms with van der Waals surface area (Å²) in [4.78, 5) is 21.5. The summed E-state index contributed by atoms with van der Waals surface area (Å²) in [7, 11) is 0. The van der Waals surface area contributed by atoms with E-state index in [-0.39, 0.29) is 17.9 Å². The Kier molecular flexibility index (Phi) is 3.13. The molecule has 1 heterocycles. The van der Waals surface area contributed by atoms with Crippen molar-refractivity contribution in [3.05, 3.63) is 58.0 Å². The standard InChI is InChI=1S/C11H8FN3O3/c12-9-4-2-1-3-8(9)10(16)7-14-6-5-11(13-14)15(17)18/h1-6H,7H2. The Morgan fingerprint density at radius 2 is 2.11 bits per heavy atom. The summed E-state index contributed by atoms with van der Waals surface area (Å²) in [5, 5.41) is 14.0. The third-order valence-corrected chi connectivity index (χ3v) is 2.29. The van der Waals surface area contributed by atoms with E-state index in [9.17, 15) is 19.3 Å². The van der Waals surface area contributed by atoms with Crippen molar-refractivity contribution in [3.63, 3.8) is 0 Å². The first kappa shape index (κ1) is 11.9. The van der Waals surface area contributed by atoms with E-state index in [0.29, 0.717) is 0 Å². The summed E-state index contributed by atoms with van der Waals surface area (Å²) in [6.07, 6.45) is 1.30. The quantitative estimate of drug-likeness (QED) is 0.470. The fourth-order valence-corrected chi connectivity index (χ4v) is 1.46. The molecule has 0 spiro atoms. The zero-order valence-corrected chi connectivity index (χ0v) is 9.12. The molecule has 0 bridgehead atoms. The molecule has 6 nitrogen and oxygen atoms in total. The lowest BCUT2D eigenvalue weighted by Crippen LogP contribution is -2.12. The highest BCUT2D eigenvalue weighted by atomic mass is 19.1. The normalized spacial score (nSPS) is 10.3. The largest absolute Gasteiger partial charge is 0.389 e. The maximum atomic E-state index is 13.3. The first-order valence-electron chi connectivity index (χ1n) is 5.03. The van der Waals surface area contributed by atoms with Crippen molar-refractivity contribution in [1.29, 1.82) is 0 Å². The molecule has 1 aromatic heterocycles. The van der Waals surface area contributed by atoms with E-state index in [4.69, 9.17) is 0 Å². The predicted molar refractivity (Wildman–Crippen MR) is 59.6 cm³/mol. The zero-order chi connectivity index (χ0) is 13.1. The minimum absolute atomic E-state index is 0.0596. The maximum absolute atomic E-state index is 13.3. The molecule has 0 N–H and O–H groups in total. The highest BCUT2D eigenvalue weighted by molar-refractivity contribution is 5.96. The molecule has 1 aromatic carbocycles. The second kappa shape index (κ2) is 4.74. The summed E-state index contributed by atoms with van der Waals surface area (Å²) in [6.45, 7) is -0.241. The number of hydrogen-bond acceptors (Lipinski definition) is 4. The molecule has 0 saturated carbocycles. The molecule has 2 rings (SSSR count). The number of ketones is 1. The van der Waals surface area contributed by atoms with Gasteiger partial charge in [-0.1, -0.05) is 12.1 Å². The molecule has 0 amide bonds. The molecule has 0 unspecified atom stereocenters. The van der Waals surface area contributed by atoms with Crippen LogP contribution in [0.2, 0.25) is 0 Å². The fraction of sp³-hybridized carbons (Fsp3) is 0.0909. The van der Waals surface area contributed by atoms with Crippen LogP contribution in [0.5, 0.6) is 0 Å². The molecule has 0 atom stereocenters. The Labute approximate surface area is 101 Å². The molecule has 0 fully saturated rings. The lowest BCUT2D eigenvalue weighted by atomic mass is 10.1. The van der Waals surface area contributed by atoms with Gasteiger partial charge in [-0.25, -0.2) is 4.39 Å². The van der Waals surface area contributed by atoms with Crippen LogP contribution >= 0.6 is 0 Å². The number of benzene rings is 1. The first-order valence-corrected chi connectivity index (χ1v) is 5.03. The molecule has 92 valence electrons. The van der Waals surface area contributed by atoms with Crippen LogP contribution in [0.15, 0.2) is 36.5 Å². The van der Waals surface area contributed by atoms with Crippen LogP contribution in [0, 0.1) is 15.9 Å². The highest BCUT2D eigenvalue weighted by Gasteiger charge is 2.16. The molecule has 18 heavy (non-hydrogen) atoms. The average molecular weight is 249 g/mol. The topological polar surface area (TPSA) is 78.0 Å². The van der Waals surface area contributed by atoms with E-state index in [1.165, 1.54) is 30.5 Å². The van der Waals surface area contributed by atoms with E-state index in [1.54, 1.807) is 6.07 Å². The molecule has 0 saturated heterocycles. The highest BCUT2D eigenvalue weighted by Crippen LogP contribution is 2.10. The molecule has 0 aliphatic rings. The molecule has 2 aromatic rings. The van der Waals surface area contributed by atoms with Crippen LogP contribution in [-0.4, -0.2) is 20.5 Å². The lowest BCUT2D eigenvalue weighted by Gasteiger charge is -2.00. The van der Waals surface area contributed by atoms with Crippen molar-refractivity contribution >= 4 is 11.6 Å². The Bertz CT molecular complexity index is 609. The number of carbonyl (C=O) groups excluding carboxylic acids is 1. The summed E-state index contributed by atoms with van der Waals surface area (Å²) < 4.78 is 14.4. The zero-order valence-electron chi connectivity index (χ0n) is 9.12. The maximum Gasteiger partial charge on any atom is 0.389 e. The van der Waals surface area contributed by atoms with E-state index in [2.05, 4.69) is 5.10 Å². The Morgan fingerprint density at radius 1 is 1.39 bits per heavy atom. The molecule has 0 aliphatic heterocycles. The number of halogens is 1. The van der Waals surface area contributed by atoms with Crippen LogP contribution in [0.25, 0.3) is 0 Å².